The maximum Gasteiger partial charge on any atom is 0.261 e. The van der Waals surface area contributed by atoms with Gasteiger partial charge >= 0.3 is 0 Å². The number of phenolic OH excluding ortho intramolecular Hbond substituents is 1. The molecule has 1 amide bonds. The number of benzene rings is 3. The van der Waals surface area contributed by atoms with Crippen LogP contribution in [0.1, 0.15) is 26.3 Å². The molecule has 1 unspecified atom stereocenters. The van der Waals surface area contributed by atoms with Gasteiger partial charge in [-0.1, -0.05) is 37.6 Å². The van der Waals surface area contributed by atoms with Crippen LogP contribution in [-0.4, -0.2) is 86.1 Å². The monoisotopic (exact) mass is 643 g/mol. The fourth-order valence-corrected chi connectivity index (χ4v) is 3.88. The Morgan fingerprint density at radius 3 is 2.24 bits per heavy atom. The number of aliphatic hydroxyl groups is 1. The highest BCUT2D eigenvalue weighted by Crippen LogP contribution is 2.28. The van der Waals surface area contributed by atoms with Crippen molar-refractivity contribution in [3.8, 4) is 11.5 Å². The summed E-state index contributed by atoms with van der Waals surface area (Å²) in [6.45, 7) is 10.7. The van der Waals surface area contributed by atoms with Crippen LogP contribution < -0.4 is 25.6 Å². The number of amides is 1. The van der Waals surface area contributed by atoms with E-state index >= 15 is 0 Å². The summed E-state index contributed by atoms with van der Waals surface area (Å²) >= 11 is 0. The molecular weight excluding hydrogens is 598 g/mol. The second-order valence-electron chi connectivity index (χ2n) is 10.7. The number of aliphatic hydroxyl groups excluding tert-OH is 1. The van der Waals surface area contributed by atoms with Crippen molar-refractivity contribution in [1.29, 1.82) is 0 Å². The summed E-state index contributed by atoms with van der Waals surface area (Å²) in [7, 11) is -3.67. The first-order chi connectivity index (χ1) is 21.2. The van der Waals surface area contributed by atoms with Gasteiger partial charge in [0.1, 0.15) is 30.0 Å². The van der Waals surface area contributed by atoms with E-state index in [2.05, 4.69) is 57.0 Å². The molecule has 1 heterocycles. The number of nitrogens with one attached hydrogen (secondary N) is 3. The van der Waals surface area contributed by atoms with Gasteiger partial charge in [0.25, 0.3) is 10.1 Å². The van der Waals surface area contributed by atoms with Crippen molar-refractivity contribution in [2.24, 2.45) is 4.99 Å². The van der Waals surface area contributed by atoms with E-state index in [1.54, 1.807) is 36.4 Å². The number of aryl methyl sites for hydroxylation is 1. The topological polar surface area (TPSA) is 173 Å². The van der Waals surface area contributed by atoms with E-state index in [0.29, 0.717) is 31.1 Å². The zero-order valence-corrected chi connectivity index (χ0v) is 27.2. The standard InChI is InChI=1S/C17H19N3O.C14H22N2O3.CH4O3S/c1-13-5-7-14(8-6-13)20(12-17-18-9-10-19-17)15-3-2-4-16(21)11-15;1-10(2)15-8-13(18)9-19-14-6-4-12(5-7-14)16-11(3)17;1-5(2,3)4/h2-8,11,21H,9-10,12H2,1H3,(H,18,19);4-7,10,13,15,18H,8-9H2,1-3H3,(H,16,17);1H3,(H,2,3,4). The molecule has 0 radical (unpaired) electrons. The van der Waals surface area contributed by atoms with Crippen LogP contribution >= 0.6 is 0 Å². The molecule has 0 spiro atoms. The van der Waals surface area contributed by atoms with Crippen LogP contribution in [0.4, 0.5) is 17.1 Å². The zero-order chi connectivity index (χ0) is 33.4. The van der Waals surface area contributed by atoms with Crippen LogP contribution in [0.5, 0.6) is 11.5 Å². The van der Waals surface area contributed by atoms with Crippen molar-refractivity contribution in [2.75, 3.05) is 49.3 Å². The van der Waals surface area contributed by atoms with E-state index in [0.717, 1.165) is 36.0 Å². The number of ether oxygens (including phenoxy) is 1. The summed E-state index contributed by atoms with van der Waals surface area (Å²) in [4.78, 5) is 17.5. The number of phenols is 1. The number of hydrogen-bond donors (Lipinski definition) is 6. The molecule has 0 fully saturated rings. The first-order valence-electron chi connectivity index (χ1n) is 14.4. The number of carbonyl (C=O) groups excluding carboxylic acids is 1. The van der Waals surface area contributed by atoms with E-state index < -0.39 is 16.2 Å². The number of rotatable bonds is 11. The number of nitrogens with zero attached hydrogens (tertiary/aromatic N) is 2. The molecule has 3 aromatic rings. The number of anilines is 3. The fraction of sp³-hybridized carbons (Fsp3) is 0.375. The lowest BCUT2D eigenvalue weighted by atomic mass is 10.2. The van der Waals surface area contributed by atoms with Crippen LogP contribution in [0, 0.1) is 6.92 Å². The van der Waals surface area contributed by atoms with Crippen LogP contribution in [0.15, 0.2) is 77.8 Å². The van der Waals surface area contributed by atoms with Crippen molar-refractivity contribution in [3.05, 3.63) is 78.4 Å². The quantitative estimate of drug-likeness (QED) is 0.169. The summed E-state index contributed by atoms with van der Waals surface area (Å²) < 4.78 is 31.3. The van der Waals surface area contributed by atoms with E-state index in [9.17, 15) is 23.4 Å². The summed E-state index contributed by atoms with van der Waals surface area (Å²) in [6.07, 6.45) is 0.171. The van der Waals surface area contributed by atoms with Gasteiger partial charge in [-0.2, -0.15) is 8.42 Å². The Labute approximate surface area is 265 Å². The zero-order valence-electron chi connectivity index (χ0n) is 26.4. The number of amidine groups is 1. The minimum Gasteiger partial charge on any atom is -0.508 e. The third-order valence-corrected chi connectivity index (χ3v) is 5.92. The highest BCUT2D eigenvalue weighted by atomic mass is 32.2. The third-order valence-electron chi connectivity index (χ3n) is 5.92. The van der Waals surface area contributed by atoms with Crippen molar-refractivity contribution in [1.82, 2.24) is 10.6 Å². The molecule has 1 atom stereocenters. The minimum absolute atomic E-state index is 0.108. The van der Waals surface area contributed by atoms with Gasteiger partial charge in [0, 0.05) is 49.2 Å². The van der Waals surface area contributed by atoms with E-state index in [1.807, 2.05) is 26.0 Å². The van der Waals surface area contributed by atoms with Crippen LogP contribution in [-0.2, 0) is 14.9 Å². The lowest BCUT2D eigenvalue weighted by Gasteiger charge is -2.25. The predicted molar refractivity (Wildman–Crippen MR) is 179 cm³/mol. The molecule has 1 aliphatic rings. The molecule has 12 nitrogen and oxygen atoms in total. The molecule has 6 N–H and O–H groups in total. The Balaban J connectivity index is 0.000000274. The molecule has 4 rings (SSSR count). The lowest BCUT2D eigenvalue weighted by molar-refractivity contribution is -0.114. The molecule has 0 aromatic heterocycles. The Morgan fingerprint density at radius 1 is 1.07 bits per heavy atom. The highest BCUT2D eigenvalue weighted by Gasteiger charge is 2.15. The Hall–Kier alpha value is -4.17. The fourth-order valence-electron chi connectivity index (χ4n) is 3.88. The summed E-state index contributed by atoms with van der Waals surface area (Å²) in [5.41, 5.74) is 3.99. The molecule has 13 heteroatoms. The van der Waals surface area contributed by atoms with Crippen molar-refractivity contribution in [3.63, 3.8) is 0 Å². The number of carbonyl (C=O) groups is 1. The Kier molecular flexibility index (Phi) is 15.3. The highest BCUT2D eigenvalue weighted by molar-refractivity contribution is 7.85. The molecule has 246 valence electrons. The minimum atomic E-state index is -3.67. The smallest absolute Gasteiger partial charge is 0.261 e. The third kappa shape index (κ3) is 16.5. The molecule has 0 saturated heterocycles. The average molecular weight is 644 g/mol. The van der Waals surface area contributed by atoms with Crippen molar-refractivity contribution >= 4 is 38.9 Å². The SMILES string of the molecule is CC(=O)Nc1ccc(OCC(O)CNC(C)C)cc1.CS(=O)(=O)O.Cc1ccc(N(CC2=NCCN2)c2cccc(O)c2)cc1. The van der Waals surface area contributed by atoms with Crippen molar-refractivity contribution < 1.29 is 32.7 Å². The van der Waals surface area contributed by atoms with E-state index in [-0.39, 0.29) is 18.3 Å². The molecular formula is C32H45N5O7S. The van der Waals surface area contributed by atoms with Gasteiger partial charge < -0.3 is 35.8 Å². The molecule has 3 aromatic carbocycles. The summed E-state index contributed by atoms with van der Waals surface area (Å²) in [5, 5.41) is 28.5. The first kappa shape index (κ1) is 37.0. The van der Waals surface area contributed by atoms with Gasteiger partial charge in [-0.25, -0.2) is 0 Å². The van der Waals surface area contributed by atoms with Gasteiger partial charge in [0.05, 0.1) is 19.3 Å². The Bertz CT molecular complexity index is 1460. The van der Waals surface area contributed by atoms with Gasteiger partial charge in [0.15, 0.2) is 0 Å². The molecule has 1 aliphatic heterocycles. The van der Waals surface area contributed by atoms with Gasteiger partial charge in [-0.15, -0.1) is 0 Å². The number of hydrogen-bond acceptors (Lipinski definition) is 10. The van der Waals surface area contributed by atoms with Crippen LogP contribution in [0.25, 0.3) is 0 Å². The maximum absolute atomic E-state index is 10.9. The second-order valence-corrected chi connectivity index (χ2v) is 12.1. The molecule has 0 saturated carbocycles. The maximum atomic E-state index is 10.9. The van der Waals surface area contributed by atoms with Gasteiger partial charge in [-0.05, 0) is 55.5 Å². The lowest BCUT2D eigenvalue weighted by Crippen LogP contribution is -2.35. The largest absolute Gasteiger partial charge is 0.508 e. The average Bonchev–Trinajstić information content (AvgIpc) is 3.48. The molecule has 0 bridgehead atoms. The van der Waals surface area contributed by atoms with Gasteiger partial charge in [0.2, 0.25) is 5.91 Å². The summed E-state index contributed by atoms with van der Waals surface area (Å²) in [5.74, 6) is 1.81. The van der Waals surface area contributed by atoms with Crippen LogP contribution in [0.2, 0.25) is 0 Å². The summed E-state index contributed by atoms with van der Waals surface area (Å²) in [6, 6.07) is 23.1. The molecule has 45 heavy (non-hydrogen) atoms. The number of aromatic hydroxyl groups is 1. The number of aliphatic imine (C=N–C) groups is 1. The van der Waals surface area contributed by atoms with E-state index in [4.69, 9.17) is 9.29 Å². The van der Waals surface area contributed by atoms with Crippen LogP contribution in [0.3, 0.4) is 0 Å². The Morgan fingerprint density at radius 2 is 1.71 bits per heavy atom. The van der Waals surface area contributed by atoms with E-state index in [1.165, 1.54) is 12.5 Å². The van der Waals surface area contributed by atoms with Crippen molar-refractivity contribution in [2.45, 2.75) is 39.8 Å². The first-order valence-corrected chi connectivity index (χ1v) is 16.3. The normalized spacial score (nSPS) is 12.8. The molecule has 0 aliphatic carbocycles. The second kappa shape index (κ2) is 18.6. The predicted octanol–water partition coefficient (Wildman–Crippen LogP) is 3.73. The van der Waals surface area contributed by atoms with Gasteiger partial charge in [-0.3, -0.25) is 14.3 Å².